The van der Waals surface area contributed by atoms with E-state index in [1.807, 2.05) is 29.2 Å². The lowest BCUT2D eigenvalue weighted by Gasteiger charge is -2.40. The summed E-state index contributed by atoms with van der Waals surface area (Å²) >= 11 is 0. The predicted molar refractivity (Wildman–Crippen MR) is 115 cm³/mol. The van der Waals surface area contributed by atoms with Crippen molar-refractivity contribution >= 4 is 17.5 Å². The number of hydrogen-bond donors (Lipinski definition) is 1. The summed E-state index contributed by atoms with van der Waals surface area (Å²) in [5.41, 5.74) is 2.11. The maximum Gasteiger partial charge on any atom is 0.235 e. The van der Waals surface area contributed by atoms with Crippen molar-refractivity contribution < 1.29 is 19.1 Å². The third kappa shape index (κ3) is 3.42. The van der Waals surface area contributed by atoms with Gasteiger partial charge in [0, 0.05) is 43.2 Å². The SMILES string of the molecule is COc1cc2c(cc1OCc1ccncc1)NC(=O)C21CCN(C(=O)C2CCC2)CC1. The van der Waals surface area contributed by atoms with E-state index in [0.717, 1.165) is 36.1 Å². The molecule has 1 aliphatic carbocycles. The Labute approximate surface area is 181 Å². The molecule has 7 nitrogen and oxygen atoms in total. The number of piperidine rings is 1. The maximum absolute atomic E-state index is 13.1. The van der Waals surface area contributed by atoms with Gasteiger partial charge in [0.2, 0.25) is 11.8 Å². The number of amides is 2. The van der Waals surface area contributed by atoms with Crippen molar-refractivity contribution in [2.45, 2.75) is 44.1 Å². The predicted octanol–water partition coefficient (Wildman–Crippen LogP) is 3.28. The number of ether oxygens (including phenoxy) is 2. The molecular weight excluding hydrogens is 394 g/mol. The van der Waals surface area contributed by atoms with E-state index in [0.29, 0.717) is 44.0 Å². The number of methoxy groups -OCH3 is 1. The lowest BCUT2D eigenvalue weighted by molar-refractivity contribution is -0.141. The molecule has 2 aliphatic heterocycles. The highest BCUT2D eigenvalue weighted by Gasteiger charge is 2.50. The molecule has 2 fully saturated rings. The largest absolute Gasteiger partial charge is 0.493 e. The Bertz CT molecular complexity index is 995. The van der Waals surface area contributed by atoms with Crippen LogP contribution in [-0.2, 0) is 21.6 Å². The van der Waals surface area contributed by atoms with Gasteiger partial charge in [0.05, 0.1) is 12.5 Å². The summed E-state index contributed by atoms with van der Waals surface area (Å²) in [5.74, 6) is 1.66. The Balaban J connectivity index is 1.36. The zero-order valence-electron chi connectivity index (χ0n) is 17.7. The topological polar surface area (TPSA) is 80.8 Å². The molecule has 162 valence electrons. The fraction of sp³-hybridized carbons (Fsp3) is 0.458. The zero-order chi connectivity index (χ0) is 21.4. The van der Waals surface area contributed by atoms with E-state index in [-0.39, 0.29) is 17.7 Å². The highest BCUT2D eigenvalue weighted by Crippen LogP contribution is 2.49. The van der Waals surface area contributed by atoms with Crippen LogP contribution in [-0.4, -0.2) is 41.9 Å². The first-order valence-corrected chi connectivity index (χ1v) is 11.0. The van der Waals surface area contributed by atoms with Crippen molar-refractivity contribution in [3.05, 3.63) is 47.8 Å². The maximum atomic E-state index is 13.1. The van der Waals surface area contributed by atoms with Crippen LogP contribution in [0, 0.1) is 5.92 Å². The van der Waals surface area contributed by atoms with Crippen LogP contribution in [0.3, 0.4) is 0 Å². The second kappa shape index (κ2) is 7.87. The van der Waals surface area contributed by atoms with Crippen LogP contribution in [0.2, 0.25) is 0 Å². The molecule has 1 aromatic carbocycles. The first-order valence-electron chi connectivity index (χ1n) is 11.0. The number of carbonyl (C=O) groups is 2. The number of carbonyl (C=O) groups excluding carboxylic acids is 2. The minimum atomic E-state index is -0.608. The van der Waals surface area contributed by atoms with Gasteiger partial charge >= 0.3 is 0 Å². The molecule has 0 atom stereocenters. The summed E-state index contributed by atoms with van der Waals surface area (Å²) in [4.78, 5) is 31.7. The minimum Gasteiger partial charge on any atom is -0.493 e. The number of nitrogens with one attached hydrogen (secondary N) is 1. The van der Waals surface area contributed by atoms with Gasteiger partial charge in [0.15, 0.2) is 11.5 Å². The van der Waals surface area contributed by atoms with Gasteiger partial charge in [0.1, 0.15) is 6.61 Å². The van der Waals surface area contributed by atoms with E-state index >= 15 is 0 Å². The molecule has 0 radical (unpaired) electrons. The molecule has 1 saturated carbocycles. The monoisotopic (exact) mass is 421 g/mol. The summed E-state index contributed by atoms with van der Waals surface area (Å²) < 4.78 is 11.6. The number of benzene rings is 1. The Morgan fingerprint density at radius 1 is 1.19 bits per heavy atom. The Morgan fingerprint density at radius 2 is 1.94 bits per heavy atom. The lowest BCUT2D eigenvalue weighted by atomic mass is 9.73. The molecule has 1 saturated heterocycles. The van der Waals surface area contributed by atoms with Crippen molar-refractivity contribution in [3.63, 3.8) is 0 Å². The summed E-state index contributed by atoms with van der Waals surface area (Å²) in [6.07, 6.45) is 7.87. The molecule has 2 aromatic rings. The van der Waals surface area contributed by atoms with E-state index in [4.69, 9.17) is 9.47 Å². The van der Waals surface area contributed by atoms with Gasteiger partial charge in [-0.2, -0.15) is 0 Å². The average Bonchev–Trinajstić information content (AvgIpc) is 3.01. The van der Waals surface area contributed by atoms with E-state index in [2.05, 4.69) is 10.3 Å². The first kappa shape index (κ1) is 19.8. The Hall–Kier alpha value is -3.09. The van der Waals surface area contributed by atoms with E-state index in [1.54, 1.807) is 19.5 Å². The molecule has 3 heterocycles. The van der Waals surface area contributed by atoms with Gasteiger partial charge in [-0.3, -0.25) is 14.6 Å². The van der Waals surface area contributed by atoms with Gasteiger partial charge in [-0.25, -0.2) is 0 Å². The van der Waals surface area contributed by atoms with Gasteiger partial charge in [-0.15, -0.1) is 0 Å². The standard InChI is InChI=1S/C24H27N3O4/c1-30-20-13-18-19(14-21(20)31-15-16-5-9-25-10-6-16)26-23(29)24(18)7-11-27(12-8-24)22(28)17-3-2-4-17/h5-6,9-10,13-14,17H,2-4,7-8,11-12,15H2,1H3,(H,26,29). The molecule has 0 unspecified atom stereocenters. The number of pyridine rings is 1. The molecule has 1 aromatic heterocycles. The molecule has 31 heavy (non-hydrogen) atoms. The second-order valence-corrected chi connectivity index (χ2v) is 8.68. The molecule has 2 amide bonds. The molecule has 1 N–H and O–H groups in total. The normalized spacial score (nSPS) is 19.5. The highest BCUT2D eigenvalue weighted by molar-refractivity contribution is 6.07. The zero-order valence-corrected chi connectivity index (χ0v) is 17.7. The van der Waals surface area contributed by atoms with Crippen LogP contribution in [0.15, 0.2) is 36.7 Å². The number of nitrogens with zero attached hydrogens (tertiary/aromatic N) is 2. The molecule has 0 bridgehead atoms. The number of likely N-dealkylation sites (tertiary alicyclic amines) is 1. The van der Waals surface area contributed by atoms with Gasteiger partial charge < -0.3 is 19.7 Å². The van der Waals surface area contributed by atoms with Gasteiger partial charge in [-0.1, -0.05) is 6.42 Å². The smallest absolute Gasteiger partial charge is 0.235 e. The van der Waals surface area contributed by atoms with Crippen LogP contribution in [0.5, 0.6) is 11.5 Å². The van der Waals surface area contributed by atoms with E-state index < -0.39 is 5.41 Å². The number of rotatable bonds is 5. The van der Waals surface area contributed by atoms with Crippen molar-refractivity contribution in [3.8, 4) is 11.5 Å². The summed E-state index contributed by atoms with van der Waals surface area (Å²) in [7, 11) is 1.61. The number of anilines is 1. The van der Waals surface area contributed by atoms with Crippen molar-refractivity contribution in [2.24, 2.45) is 5.92 Å². The fourth-order valence-electron chi connectivity index (χ4n) is 4.85. The lowest BCUT2D eigenvalue weighted by Crippen LogP contribution is -2.50. The molecule has 1 spiro atoms. The quantitative estimate of drug-likeness (QED) is 0.801. The Morgan fingerprint density at radius 3 is 2.58 bits per heavy atom. The molecule has 5 rings (SSSR count). The third-order valence-electron chi connectivity index (χ3n) is 7.03. The van der Waals surface area contributed by atoms with Gasteiger partial charge in [-0.05, 0) is 55.0 Å². The number of hydrogen-bond acceptors (Lipinski definition) is 5. The van der Waals surface area contributed by atoms with Crippen molar-refractivity contribution in [1.82, 2.24) is 9.88 Å². The summed E-state index contributed by atoms with van der Waals surface area (Å²) in [6, 6.07) is 7.58. The van der Waals surface area contributed by atoms with Crippen LogP contribution >= 0.6 is 0 Å². The fourth-order valence-corrected chi connectivity index (χ4v) is 4.85. The first-order chi connectivity index (χ1) is 15.1. The summed E-state index contributed by atoms with van der Waals surface area (Å²) in [5, 5.41) is 3.05. The minimum absolute atomic E-state index is 0.00609. The number of fused-ring (bicyclic) bond motifs is 2. The molecule has 3 aliphatic rings. The average molecular weight is 421 g/mol. The van der Waals surface area contributed by atoms with Crippen LogP contribution in [0.1, 0.15) is 43.2 Å². The number of aromatic nitrogens is 1. The van der Waals surface area contributed by atoms with E-state index in [1.165, 1.54) is 0 Å². The summed E-state index contributed by atoms with van der Waals surface area (Å²) in [6.45, 7) is 1.62. The molecule has 7 heteroatoms. The van der Waals surface area contributed by atoms with Gasteiger partial charge in [0.25, 0.3) is 0 Å². The van der Waals surface area contributed by atoms with Crippen LogP contribution in [0.4, 0.5) is 5.69 Å². The third-order valence-corrected chi connectivity index (χ3v) is 7.03. The van der Waals surface area contributed by atoms with Crippen molar-refractivity contribution in [2.75, 3.05) is 25.5 Å². The Kier molecular flexibility index (Phi) is 5.04. The highest BCUT2D eigenvalue weighted by atomic mass is 16.5. The van der Waals surface area contributed by atoms with Crippen LogP contribution in [0.25, 0.3) is 0 Å². The van der Waals surface area contributed by atoms with E-state index in [9.17, 15) is 9.59 Å². The van der Waals surface area contributed by atoms with Crippen molar-refractivity contribution in [1.29, 1.82) is 0 Å². The second-order valence-electron chi connectivity index (χ2n) is 8.68. The molecular formula is C24H27N3O4. The van der Waals surface area contributed by atoms with Crippen LogP contribution < -0.4 is 14.8 Å².